The molecule has 1 aromatic carbocycles. The Morgan fingerprint density at radius 2 is 1.96 bits per heavy atom. The van der Waals surface area contributed by atoms with E-state index in [1.807, 2.05) is 0 Å². The SMILES string of the molecule is CC(=O)c1ccc(NC(=O)CCSc2nnc(NCCc3cccs3)s2)cc1. The van der Waals surface area contributed by atoms with Crippen LogP contribution in [0, 0.1) is 0 Å². The van der Waals surface area contributed by atoms with Gasteiger partial charge in [-0.3, -0.25) is 9.59 Å². The summed E-state index contributed by atoms with van der Waals surface area (Å²) in [6, 6.07) is 11.1. The average molecular weight is 433 g/mol. The number of hydrogen-bond acceptors (Lipinski definition) is 8. The number of benzene rings is 1. The van der Waals surface area contributed by atoms with E-state index in [1.54, 1.807) is 35.6 Å². The molecule has 0 bridgehead atoms. The van der Waals surface area contributed by atoms with Crippen LogP contribution >= 0.6 is 34.4 Å². The van der Waals surface area contributed by atoms with Crippen molar-refractivity contribution in [2.75, 3.05) is 22.9 Å². The Balaban J connectivity index is 1.35. The fraction of sp³-hybridized carbons (Fsp3) is 0.263. The molecule has 3 rings (SSSR count). The lowest BCUT2D eigenvalue weighted by Crippen LogP contribution is -2.12. The minimum atomic E-state index is -0.0677. The summed E-state index contributed by atoms with van der Waals surface area (Å²) in [5, 5.41) is 17.3. The van der Waals surface area contributed by atoms with Crippen molar-refractivity contribution in [1.82, 2.24) is 10.2 Å². The van der Waals surface area contributed by atoms with E-state index >= 15 is 0 Å². The van der Waals surface area contributed by atoms with Crippen LogP contribution in [-0.2, 0) is 11.2 Å². The molecule has 0 saturated heterocycles. The van der Waals surface area contributed by atoms with Crippen LogP contribution in [0.5, 0.6) is 0 Å². The Labute approximate surface area is 175 Å². The molecule has 0 fully saturated rings. The van der Waals surface area contributed by atoms with Crippen LogP contribution in [-0.4, -0.2) is 34.2 Å². The largest absolute Gasteiger partial charge is 0.360 e. The molecular weight excluding hydrogens is 412 g/mol. The van der Waals surface area contributed by atoms with E-state index in [2.05, 4.69) is 38.3 Å². The zero-order valence-corrected chi connectivity index (χ0v) is 17.8. The van der Waals surface area contributed by atoms with Gasteiger partial charge in [0.05, 0.1) is 0 Å². The van der Waals surface area contributed by atoms with Crippen molar-refractivity contribution < 1.29 is 9.59 Å². The second-order valence-electron chi connectivity index (χ2n) is 5.91. The predicted octanol–water partition coefficient (Wildman–Crippen LogP) is 4.58. The van der Waals surface area contributed by atoms with E-state index < -0.39 is 0 Å². The summed E-state index contributed by atoms with van der Waals surface area (Å²) in [7, 11) is 0. The molecule has 9 heteroatoms. The Morgan fingerprint density at radius 1 is 1.14 bits per heavy atom. The van der Waals surface area contributed by atoms with Crippen LogP contribution in [0.3, 0.4) is 0 Å². The monoisotopic (exact) mass is 432 g/mol. The van der Waals surface area contributed by atoms with Crippen molar-refractivity contribution in [2.45, 2.75) is 24.1 Å². The summed E-state index contributed by atoms with van der Waals surface area (Å²) >= 11 is 4.77. The first-order valence-electron chi connectivity index (χ1n) is 8.73. The molecule has 146 valence electrons. The highest BCUT2D eigenvalue weighted by Crippen LogP contribution is 2.26. The van der Waals surface area contributed by atoms with Crippen LogP contribution < -0.4 is 10.6 Å². The van der Waals surface area contributed by atoms with Gasteiger partial charge in [0.2, 0.25) is 11.0 Å². The number of Topliss-reactive ketones (excluding diaryl/α,β-unsaturated/α-hetero) is 1. The van der Waals surface area contributed by atoms with Gasteiger partial charge in [0, 0.05) is 34.8 Å². The Hall–Kier alpha value is -2.23. The normalized spacial score (nSPS) is 10.6. The molecule has 0 spiro atoms. The zero-order valence-electron chi connectivity index (χ0n) is 15.3. The van der Waals surface area contributed by atoms with Crippen molar-refractivity contribution in [3.05, 3.63) is 52.2 Å². The molecule has 0 radical (unpaired) electrons. The summed E-state index contributed by atoms with van der Waals surface area (Å²) in [5.74, 6) is 0.565. The standard InChI is InChI=1S/C19H20N4O2S3/c1-13(24)14-4-6-15(7-5-14)21-17(25)9-12-27-19-23-22-18(28-19)20-10-8-16-3-2-11-26-16/h2-7,11H,8-10,12H2,1H3,(H,20,22)(H,21,25). The number of anilines is 2. The number of hydrogen-bond donors (Lipinski definition) is 2. The van der Waals surface area contributed by atoms with Gasteiger partial charge in [0.25, 0.3) is 0 Å². The Morgan fingerprint density at radius 3 is 2.68 bits per heavy atom. The van der Waals surface area contributed by atoms with E-state index in [9.17, 15) is 9.59 Å². The Kier molecular flexibility index (Phi) is 7.58. The first-order chi connectivity index (χ1) is 13.6. The molecule has 0 unspecified atom stereocenters. The first kappa shape index (κ1) is 20.5. The molecule has 0 atom stereocenters. The van der Waals surface area contributed by atoms with Crippen LogP contribution in [0.25, 0.3) is 0 Å². The molecule has 0 aliphatic carbocycles. The molecule has 0 aliphatic heterocycles. The lowest BCUT2D eigenvalue weighted by Gasteiger charge is -2.05. The highest BCUT2D eigenvalue weighted by molar-refractivity contribution is 8.01. The summed E-state index contributed by atoms with van der Waals surface area (Å²) in [6.45, 7) is 2.34. The van der Waals surface area contributed by atoms with Crippen molar-refractivity contribution >= 4 is 56.9 Å². The summed E-state index contributed by atoms with van der Waals surface area (Å²) < 4.78 is 0.845. The number of aromatic nitrogens is 2. The van der Waals surface area contributed by atoms with E-state index in [0.29, 0.717) is 23.4 Å². The van der Waals surface area contributed by atoms with Gasteiger partial charge in [-0.25, -0.2) is 0 Å². The molecule has 6 nitrogen and oxygen atoms in total. The molecule has 2 heterocycles. The maximum absolute atomic E-state index is 12.0. The van der Waals surface area contributed by atoms with E-state index in [4.69, 9.17) is 0 Å². The van der Waals surface area contributed by atoms with Gasteiger partial charge in [-0.15, -0.1) is 21.5 Å². The number of nitrogens with one attached hydrogen (secondary N) is 2. The quantitative estimate of drug-likeness (QED) is 0.360. The fourth-order valence-electron chi connectivity index (χ4n) is 2.33. The number of thiophene rings is 1. The van der Waals surface area contributed by atoms with Gasteiger partial charge in [0.1, 0.15) is 0 Å². The van der Waals surface area contributed by atoms with Crippen LogP contribution in [0.4, 0.5) is 10.8 Å². The van der Waals surface area contributed by atoms with Gasteiger partial charge >= 0.3 is 0 Å². The van der Waals surface area contributed by atoms with Gasteiger partial charge in [0.15, 0.2) is 10.1 Å². The number of thioether (sulfide) groups is 1. The minimum absolute atomic E-state index is 0.00622. The summed E-state index contributed by atoms with van der Waals surface area (Å²) in [6.07, 6.45) is 1.34. The third-order valence-corrected chi connectivity index (χ3v) is 6.72. The summed E-state index contributed by atoms with van der Waals surface area (Å²) in [5.41, 5.74) is 1.32. The third-order valence-electron chi connectivity index (χ3n) is 3.76. The third kappa shape index (κ3) is 6.43. The van der Waals surface area contributed by atoms with Crippen LogP contribution in [0.15, 0.2) is 46.1 Å². The number of carbonyl (C=O) groups excluding carboxylic acids is 2. The second-order valence-corrected chi connectivity index (χ2v) is 9.26. The smallest absolute Gasteiger partial charge is 0.225 e. The van der Waals surface area contributed by atoms with Crippen molar-refractivity contribution in [3.8, 4) is 0 Å². The molecule has 28 heavy (non-hydrogen) atoms. The lowest BCUT2D eigenvalue weighted by molar-refractivity contribution is -0.115. The zero-order chi connectivity index (χ0) is 19.8. The number of ketones is 1. The highest BCUT2D eigenvalue weighted by atomic mass is 32.2. The van der Waals surface area contributed by atoms with Gasteiger partial charge in [-0.1, -0.05) is 29.2 Å². The molecule has 0 aliphatic rings. The van der Waals surface area contributed by atoms with Crippen LogP contribution in [0.2, 0.25) is 0 Å². The topological polar surface area (TPSA) is 84.0 Å². The molecular formula is C19H20N4O2S3. The molecule has 3 aromatic rings. The maximum atomic E-state index is 12.0. The maximum Gasteiger partial charge on any atom is 0.225 e. The number of carbonyl (C=O) groups is 2. The minimum Gasteiger partial charge on any atom is -0.360 e. The van der Waals surface area contributed by atoms with Gasteiger partial charge in [-0.2, -0.15) is 0 Å². The highest BCUT2D eigenvalue weighted by Gasteiger charge is 2.08. The number of rotatable bonds is 10. The lowest BCUT2D eigenvalue weighted by atomic mass is 10.1. The molecule has 2 N–H and O–H groups in total. The average Bonchev–Trinajstić information content (AvgIpc) is 3.34. The van der Waals surface area contributed by atoms with Gasteiger partial charge < -0.3 is 10.6 Å². The second kappa shape index (κ2) is 10.4. The van der Waals surface area contributed by atoms with E-state index in [1.165, 1.54) is 34.9 Å². The summed E-state index contributed by atoms with van der Waals surface area (Å²) in [4.78, 5) is 24.7. The van der Waals surface area contributed by atoms with Crippen molar-refractivity contribution in [3.63, 3.8) is 0 Å². The van der Waals surface area contributed by atoms with E-state index in [-0.39, 0.29) is 11.7 Å². The molecule has 2 aromatic heterocycles. The predicted molar refractivity (Wildman–Crippen MR) is 117 cm³/mol. The van der Waals surface area contributed by atoms with Crippen molar-refractivity contribution in [1.29, 1.82) is 0 Å². The molecule has 1 amide bonds. The van der Waals surface area contributed by atoms with E-state index in [0.717, 1.165) is 22.4 Å². The number of nitrogens with zero attached hydrogens (tertiary/aromatic N) is 2. The fourth-order valence-corrected chi connectivity index (χ4v) is 4.82. The van der Waals surface area contributed by atoms with Crippen LogP contribution in [0.1, 0.15) is 28.6 Å². The Bertz CT molecular complexity index is 908. The van der Waals surface area contributed by atoms with Crippen molar-refractivity contribution in [2.24, 2.45) is 0 Å². The first-order valence-corrected chi connectivity index (χ1v) is 11.4. The number of amides is 1. The molecule has 0 saturated carbocycles. The van der Waals surface area contributed by atoms with Gasteiger partial charge in [-0.05, 0) is 49.1 Å².